The minimum Gasteiger partial charge on any atom is -0.493 e. The first-order valence-corrected chi connectivity index (χ1v) is 11.6. The van der Waals surface area contributed by atoms with Crippen LogP contribution in [0.4, 0.5) is 26.3 Å². The number of aliphatic hydroxyl groups is 1. The molecule has 6 nitrogen and oxygen atoms in total. The van der Waals surface area contributed by atoms with Crippen molar-refractivity contribution >= 4 is 40.3 Å². The first-order chi connectivity index (χ1) is 17.3. The quantitative estimate of drug-likeness (QED) is 0.185. The number of alkyl halides is 6. The minimum absolute atomic E-state index is 0.00399. The van der Waals surface area contributed by atoms with Gasteiger partial charge in [0.25, 0.3) is 5.91 Å². The molecule has 200 valence electrons. The van der Waals surface area contributed by atoms with E-state index in [2.05, 4.69) is 5.32 Å². The van der Waals surface area contributed by atoms with Gasteiger partial charge in [-0.1, -0.05) is 24.0 Å². The lowest BCUT2D eigenvalue weighted by atomic mass is 9.96. The van der Waals surface area contributed by atoms with E-state index in [-0.39, 0.29) is 64.3 Å². The molecule has 1 fully saturated rings. The fourth-order valence-electron chi connectivity index (χ4n) is 3.27. The van der Waals surface area contributed by atoms with Gasteiger partial charge in [0.1, 0.15) is 10.9 Å². The number of carbonyl (C=O) groups excluding carboxylic acids is 1. The molecule has 1 heterocycles. The second kappa shape index (κ2) is 11.7. The summed E-state index contributed by atoms with van der Waals surface area (Å²) in [6.45, 7) is -0.428. The molecule has 1 aliphatic rings. The van der Waals surface area contributed by atoms with Gasteiger partial charge in [0.2, 0.25) is 0 Å². The summed E-state index contributed by atoms with van der Waals surface area (Å²) in [5.41, 5.74) is -3.35. The maximum atomic E-state index is 13.5. The number of aliphatic hydroxyl groups excluding tert-OH is 1. The monoisotopic (exact) mass is 567 g/mol. The van der Waals surface area contributed by atoms with Gasteiger partial charge in [-0.3, -0.25) is 4.79 Å². The number of benzene rings is 2. The van der Waals surface area contributed by atoms with Crippen LogP contribution in [-0.2, 0) is 21.9 Å². The van der Waals surface area contributed by atoms with Crippen LogP contribution >= 0.6 is 24.0 Å². The average molecular weight is 568 g/mol. The Bertz CT molecular complexity index is 1180. The van der Waals surface area contributed by atoms with E-state index >= 15 is 0 Å². The van der Waals surface area contributed by atoms with Crippen molar-refractivity contribution in [3.05, 3.63) is 51.9 Å². The topological polar surface area (TPSA) is 77.0 Å². The minimum atomic E-state index is -5.06. The highest BCUT2D eigenvalue weighted by molar-refractivity contribution is 8.26. The van der Waals surface area contributed by atoms with Crippen LogP contribution in [0.5, 0.6) is 11.5 Å². The van der Waals surface area contributed by atoms with Crippen LogP contribution in [0.2, 0.25) is 0 Å². The predicted molar refractivity (Wildman–Crippen MR) is 128 cm³/mol. The second-order valence-corrected chi connectivity index (χ2v) is 9.15. The van der Waals surface area contributed by atoms with Crippen molar-refractivity contribution in [2.24, 2.45) is 0 Å². The van der Waals surface area contributed by atoms with E-state index < -0.39 is 35.0 Å². The number of ether oxygens (including phenoxy) is 3. The summed E-state index contributed by atoms with van der Waals surface area (Å²) in [7, 11) is 1.24. The van der Waals surface area contributed by atoms with Crippen LogP contribution in [0.15, 0.2) is 35.2 Å². The molecule has 3 rings (SSSR count). The number of hydrogen-bond donors (Lipinski definition) is 2. The smallest absolute Gasteiger partial charge is 0.416 e. The van der Waals surface area contributed by atoms with E-state index in [1.165, 1.54) is 25.3 Å². The van der Waals surface area contributed by atoms with Crippen molar-refractivity contribution in [3.8, 4) is 22.6 Å². The fraction of sp³-hybridized carbons (Fsp3) is 0.304. The number of thiocarbonyl (C=S) groups is 1. The summed E-state index contributed by atoms with van der Waals surface area (Å²) >= 11 is 5.89. The van der Waals surface area contributed by atoms with Crippen molar-refractivity contribution in [2.45, 2.75) is 12.4 Å². The normalized spacial score (nSPS) is 15.3. The summed E-state index contributed by atoms with van der Waals surface area (Å²) < 4.78 is 97.4. The van der Waals surface area contributed by atoms with Crippen LogP contribution in [0.3, 0.4) is 0 Å². The SMILES string of the molecule is COc1cc(/C=C2\SC(=S)NC2=O)cc(-c2cc(C(F)(F)F)cc(C(F)(F)F)c2)c1OCCOCCO. The molecule has 37 heavy (non-hydrogen) atoms. The largest absolute Gasteiger partial charge is 0.493 e. The zero-order valence-corrected chi connectivity index (χ0v) is 20.6. The highest BCUT2D eigenvalue weighted by atomic mass is 32.2. The zero-order valence-electron chi connectivity index (χ0n) is 19.0. The Morgan fingerprint density at radius 1 is 1.00 bits per heavy atom. The Hall–Kier alpha value is -2.81. The lowest BCUT2D eigenvalue weighted by Gasteiger charge is -2.19. The molecule has 0 radical (unpaired) electrons. The molecule has 0 bridgehead atoms. The standard InChI is InChI=1S/C23H19F6NO5S2/c1-33-17-7-12(8-18-20(32)30-21(36)37-18)6-16(19(17)35-5-4-34-3-2-31)13-9-14(22(24,25)26)11-15(10-13)23(27,28)29/h6-11,31H,2-5H2,1H3,(H,30,32,36)/b18-8-. The molecule has 1 aliphatic heterocycles. The lowest BCUT2D eigenvalue weighted by Crippen LogP contribution is -2.17. The highest BCUT2D eigenvalue weighted by Gasteiger charge is 2.37. The molecule has 2 aromatic carbocycles. The summed E-state index contributed by atoms with van der Waals surface area (Å²) in [5.74, 6) is -0.650. The van der Waals surface area contributed by atoms with Gasteiger partial charge in [-0.15, -0.1) is 0 Å². The molecular formula is C23H19F6NO5S2. The molecule has 2 aromatic rings. The maximum Gasteiger partial charge on any atom is 0.416 e. The van der Waals surface area contributed by atoms with Gasteiger partial charge in [-0.05, 0) is 47.5 Å². The summed E-state index contributed by atoms with van der Waals surface area (Å²) in [4.78, 5) is 12.2. The van der Waals surface area contributed by atoms with Crippen molar-refractivity contribution in [1.82, 2.24) is 5.32 Å². The molecule has 1 amide bonds. The van der Waals surface area contributed by atoms with Crippen molar-refractivity contribution in [1.29, 1.82) is 0 Å². The number of methoxy groups -OCH3 is 1. The van der Waals surface area contributed by atoms with Crippen molar-refractivity contribution < 1.29 is 50.5 Å². The van der Waals surface area contributed by atoms with E-state index in [1.54, 1.807) is 0 Å². The van der Waals surface area contributed by atoms with Gasteiger partial charge in [-0.25, -0.2) is 0 Å². The Kier molecular flexibility index (Phi) is 9.10. The summed E-state index contributed by atoms with van der Waals surface area (Å²) in [5, 5.41) is 11.2. The molecule has 0 atom stereocenters. The Morgan fingerprint density at radius 2 is 1.65 bits per heavy atom. The third-order valence-corrected chi connectivity index (χ3v) is 6.01. The van der Waals surface area contributed by atoms with E-state index in [9.17, 15) is 31.1 Å². The third kappa shape index (κ3) is 7.37. The predicted octanol–water partition coefficient (Wildman–Crippen LogP) is 5.28. The molecule has 0 spiro atoms. The fourth-order valence-corrected chi connectivity index (χ4v) is 4.32. The number of amides is 1. The Labute approximate surface area is 216 Å². The zero-order chi connectivity index (χ0) is 27.4. The molecular weight excluding hydrogens is 548 g/mol. The first-order valence-electron chi connectivity index (χ1n) is 10.4. The van der Waals surface area contributed by atoms with Crippen LogP contribution < -0.4 is 14.8 Å². The number of halogens is 6. The van der Waals surface area contributed by atoms with Crippen LogP contribution in [0.1, 0.15) is 16.7 Å². The number of carbonyl (C=O) groups is 1. The van der Waals surface area contributed by atoms with Crippen molar-refractivity contribution in [2.75, 3.05) is 33.5 Å². The molecule has 1 saturated heterocycles. The molecule has 0 aliphatic carbocycles. The Balaban J connectivity index is 2.21. The number of rotatable bonds is 9. The summed E-state index contributed by atoms with van der Waals surface area (Å²) in [6.07, 6.45) is -8.75. The maximum absolute atomic E-state index is 13.5. The van der Waals surface area contributed by atoms with E-state index in [4.69, 9.17) is 31.5 Å². The van der Waals surface area contributed by atoms with Gasteiger partial charge >= 0.3 is 12.4 Å². The van der Waals surface area contributed by atoms with Gasteiger partial charge in [-0.2, -0.15) is 26.3 Å². The number of thioether (sulfide) groups is 1. The third-order valence-electron chi connectivity index (χ3n) is 4.85. The second-order valence-electron chi connectivity index (χ2n) is 7.43. The van der Waals surface area contributed by atoms with Crippen molar-refractivity contribution in [3.63, 3.8) is 0 Å². The highest BCUT2D eigenvalue weighted by Crippen LogP contribution is 2.44. The van der Waals surface area contributed by atoms with Gasteiger partial charge in [0.15, 0.2) is 11.5 Å². The van der Waals surface area contributed by atoms with E-state index in [0.717, 1.165) is 11.8 Å². The van der Waals surface area contributed by atoms with Gasteiger partial charge < -0.3 is 24.6 Å². The van der Waals surface area contributed by atoms with Crippen LogP contribution in [-0.4, -0.2) is 48.9 Å². The number of nitrogens with one attached hydrogen (secondary N) is 1. The van der Waals surface area contributed by atoms with Crippen LogP contribution in [0.25, 0.3) is 17.2 Å². The Morgan fingerprint density at radius 3 is 2.16 bits per heavy atom. The molecule has 2 N–H and O–H groups in total. The average Bonchev–Trinajstić information content (AvgIpc) is 3.13. The van der Waals surface area contributed by atoms with E-state index in [0.29, 0.717) is 12.1 Å². The lowest BCUT2D eigenvalue weighted by molar-refractivity contribution is -0.143. The molecule has 0 unspecified atom stereocenters. The van der Waals surface area contributed by atoms with Crippen LogP contribution in [0, 0.1) is 0 Å². The molecule has 0 saturated carbocycles. The van der Waals surface area contributed by atoms with E-state index in [1.807, 2.05) is 0 Å². The summed E-state index contributed by atoms with van der Waals surface area (Å²) in [6, 6.07) is 3.86. The van der Waals surface area contributed by atoms with Gasteiger partial charge in [0, 0.05) is 5.56 Å². The van der Waals surface area contributed by atoms with Gasteiger partial charge in [0.05, 0.1) is 43.0 Å². The molecule has 0 aromatic heterocycles. The number of hydrogen-bond acceptors (Lipinski definition) is 7. The first kappa shape index (κ1) is 28.8. The molecule has 14 heteroatoms.